The molecule has 2 N–H and O–H groups in total. The van der Waals surface area contributed by atoms with Gasteiger partial charge in [-0.2, -0.15) is 10.6 Å². The Balaban J connectivity index is 2.00. The Hall–Kier alpha value is -0.0300. The number of hydrogen-bond acceptors (Lipinski definition) is 3. The largest absolute Gasteiger partial charge is 0.295 e. The first-order valence-corrected chi connectivity index (χ1v) is 5.13. The molecule has 1 saturated heterocycles. The molecule has 4 heteroatoms. The minimum absolute atomic E-state index is 0.310. The summed E-state index contributed by atoms with van der Waals surface area (Å²) in [6, 6.07) is 0.310. The van der Waals surface area contributed by atoms with E-state index in [0.29, 0.717) is 11.8 Å². The van der Waals surface area contributed by atoms with Gasteiger partial charge in [-0.1, -0.05) is 6.08 Å². The van der Waals surface area contributed by atoms with Gasteiger partial charge < -0.3 is 0 Å². The van der Waals surface area contributed by atoms with Crippen molar-refractivity contribution in [3.8, 4) is 0 Å². The van der Waals surface area contributed by atoms with Crippen LogP contribution in [0.4, 0.5) is 0 Å². The van der Waals surface area contributed by atoms with Crippen LogP contribution in [0.3, 0.4) is 0 Å². The van der Waals surface area contributed by atoms with Gasteiger partial charge in [0, 0.05) is 24.5 Å². The van der Waals surface area contributed by atoms with Crippen molar-refractivity contribution < 1.29 is 9.11 Å². The molecule has 3 nitrogen and oxygen atoms in total. The van der Waals surface area contributed by atoms with Crippen molar-refractivity contribution in [3.05, 3.63) is 11.5 Å². The number of hydrogen-bond donors (Lipinski definition) is 2. The molecule has 1 unspecified atom stereocenters. The van der Waals surface area contributed by atoms with Crippen LogP contribution in [0.1, 0.15) is 0 Å². The number of nitrogens with zero attached hydrogens (tertiary/aromatic N) is 1. The van der Waals surface area contributed by atoms with Gasteiger partial charge >= 0.3 is 0 Å². The van der Waals surface area contributed by atoms with Crippen molar-refractivity contribution in [1.29, 1.82) is 0 Å². The zero-order chi connectivity index (χ0) is 7.19. The molecule has 0 saturated carbocycles. The SMILES string of the molecule is OS1(O)C=CC(N2CC2)C1. The first-order valence-electron chi connectivity index (χ1n) is 3.36. The second kappa shape index (κ2) is 1.98. The normalized spacial score (nSPS) is 40.0. The summed E-state index contributed by atoms with van der Waals surface area (Å²) >= 11 is 0. The van der Waals surface area contributed by atoms with Gasteiger partial charge in [0.25, 0.3) is 0 Å². The summed E-state index contributed by atoms with van der Waals surface area (Å²) in [6.45, 7) is 2.23. The van der Waals surface area contributed by atoms with Crippen LogP contribution in [-0.2, 0) is 0 Å². The lowest BCUT2D eigenvalue weighted by Gasteiger charge is -2.25. The molecule has 0 aliphatic carbocycles. The topological polar surface area (TPSA) is 43.5 Å². The Labute approximate surface area is 61.7 Å². The van der Waals surface area contributed by atoms with Crippen LogP contribution in [0.15, 0.2) is 11.5 Å². The molecule has 0 aromatic heterocycles. The van der Waals surface area contributed by atoms with Gasteiger partial charge in [0.15, 0.2) is 0 Å². The summed E-state index contributed by atoms with van der Waals surface area (Å²) in [6.07, 6.45) is 1.91. The molecule has 0 bridgehead atoms. The zero-order valence-corrected chi connectivity index (χ0v) is 6.42. The van der Waals surface area contributed by atoms with E-state index in [1.54, 1.807) is 5.41 Å². The average molecular weight is 161 g/mol. The Morgan fingerprint density at radius 1 is 1.40 bits per heavy atom. The second-order valence-corrected chi connectivity index (χ2v) is 4.86. The molecule has 2 aliphatic heterocycles. The van der Waals surface area contributed by atoms with Crippen molar-refractivity contribution in [3.63, 3.8) is 0 Å². The van der Waals surface area contributed by atoms with Crippen LogP contribution in [0.25, 0.3) is 0 Å². The smallest absolute Gasteiger partial charge is 0.0610 e. The Morgan fingerprint density at radius 3 is 2.50 bits per heavy atom. The minimum Gasteiger partial charge on any atom is -0.295 e. The van der Waals surface area contributed by atoms with E-state index in [1.165, 1.54) is 0 Å². The molecule has 1 fully saturated rings. The molecule has 2 aliphatic rings. The zero-order valence-electron chi connectivity index (χ0n) is 5.60. The standard InChI is InChI=1S/C6H11NO2S/c8-10(9)4-1-6(5-10)7-2-3-7/h1,4,6,8-9H,2-3,5H2. The quantitative estimate of drug-likeness (QED) is 0.563. The van der Waals surface area contributed by atoms with Crippen LogP contribution >= 0.6 is 10.6 Å². The van der Waals surface area contributed by atoms with E-state index < -0.39 is 10.6 Å². The van der Waals surface area contributed by atoms with Crippen molar-refractivity contribution in [2.45, 2.75) is 6.04 Å². The van der Waals surface area contributed by atoms with Crippen LogP contribution in [-0.4, -0.2) is 38.9 Å². The Morgan fingerprint density at radius 2 is 2.10 bits per heavy atom. The van der Waals surface area contributed by atoms with Gasteiger partial charge in [0.2, 0.25) is 0 Å². The third-order valence-electron chi connectivity index (χ3n) is 1.89. The van der Waals surface area contributed by atoms with E-state index in [4.69, 9.17) is 9.11 Å². The van der Waals surface area contributed by atoms with Gasteiger partial charge in [0.1, 0.15) is 0 Å². The monoisotopic (exact) mass is 161 g/mol. The van der Waals surface area contributed by atoms with Crippen molar-refractivity contribution in [2.75, 3.05) is 18.8 Å². The summed E-state index contributed by atoms with van der Waals surface area (Å²) < 4.78 is 18.3. The van der Waals surface area contributed by atoms with E-state index in [-0.39, 0.29) is 0 Å². The summed E-state index contributed by atoms with van der Waals surface area (Å²) in [5, 5.41) is 1.55. The predicted molar refractivity (Wildman–Crippen MR) is 42.2 cm³/mol. The molecular formula is C6H11NO2S. The minimum atomic E-state index is -2.32. The molecule has 2 heterocycles. The molecule has 10 heavy (non-hydrogen) atoms. The van der Waals surface area contributed by atoms with E-state index in [2.05, 4.69) is 4.90 Å². The highest BCUT2D eigenvalue weighted by Crippen LogP contribution is 2.47. The summed E-state index contributed by atoms with van der Waals surface area (Å²) in [4.78, 5) is 2.22. The highest BCUT2D eigenvalue weighted by atomic mass is 32.3. The maximum atomic E-state index is 9.17. The fourth-order valence-electron chi connectivity index (χ4n) is 1.20. The second-order valence-electron chi connectivity index (χ2n) is 2.82. The molecule has 0 radical (unpaired) electrons. The molecule has 0 spiro atoms. The maximum Gasteiger partial charge on any atom is 0.0610 e. The summed E-state index contributed by atoms with van der Waals surface area (Å²) in [5.41, 5.74) is 0. The highest BCUT2D eigenvalue weighted by Gasteiger charge is 2.32. The van der Waals surface area contributed by atoms with Crippen LogP contribution in [0.5, 0.6) is 0 Å². The average Bonchev–Trinajstić information content (AvgIpc) is 2.59. The third kappa shape index (κ3) is 1.20. The molecule has 0 aromatic carbocycles. The third-order valence-corrected chi connectivity index (χ3v) is 3.31. The molecular weight excluding hydrogens is 150 g/mol. The van der Waals surface area contributed by atoms with Gasteiger partial charge in [-0.3, -0.25) is 14.0 Å². The maximum absolute atomic E-state index is 9.17. The first-order chi connectivity index (χ1) is 4.67. The Bertz CT molecular complexity index is 177. The molecule has 2 rings (SSSR count). The highest BCUT2D eigenvalue weighted by molar-refractivity contribution is 8.27. The van der Waals surface area contributed by atoms with Crippen LogP contribution < -0.4 is 0 Å². The van der Waals surface area contributed by atoms with Crippen LogP contribution in [0, 0.1) is 0 Å². The van der Waals surface area contributed by atoms with Crippen molar-refractivity contribution >= 4 is 10.6 Å². The Kier molecular flexibility index (Phi) is 1.32. The van der Waals surface area contributed by atoms with Crippen molar-refractivity contribution in [2.24, 2.45) is 0 Å². The van der Waals surface area contributed by atoms with Crippen molar-refractivity contribution in [1.82, 2.24) is 4.90 Å². The van der Waals surface area contributed by atoms with Gasteiger partial charge in [0.05, 0.1) is 5.75 Å². The van der Waals surface area contributed by atoms with E-state index in [0.717, 1.165) is 13.1 Å². The lowest BCUT2D eigenvalue weighted by molar-refractivity contribution is 0.468. The molecule has 58 valence electrons. The lowest BCUT2D eigenvalue weighted by Crippen LogP contribution is -2.18. The summed E-state index contributed by atoms with van der Waals surface area (Å²) in [7, 11) is -2.32. The number of rotatable bonds is 1. The fourth-order valence-corrected chi connectivity index (χ4v) is 2.56. The first kappa shape index (κ1) is 6.67. The lowest BCUT2D eigenvalue weighted by atomic mass is 10.3. The molecule has 1 atom stereocenters. The van der Waals surface area contributed by atoms with E-state index in [9.17, 15) is 0 Å². The predicted octanol–water partition coefficient (Wildman–Crippen LogP) is 0.948. The molecule has 0 amide bonds. The van der Waals surface area contributed by atoms with Gasteiger partial charge in [-0.25, -0.2) is 0 Å². The van der Waals surface area contributed by atoms with Gasteiger partial charge in [-0.15, -0.1) is 0 Å². The fraction of sp³-hybridized carbons (Fsp3) is 0.667. The summed E-state index contributed by atoms with van der Waals surface area (Å²) in [5.74, 6) is 0.521. The van der Waals surface area contributed by atoms with E-state index >= 15 is 0 Å². The van der Waals surface area contributed by atoms with Crippen LogP contribution in [0.2, 0.25) is 0 Å². The van der Waals surface area contributed by atoms with Gasteiger partial charge in [-0.05, 0) is 0 Å². The molecule has 0 aromatic rings. The van der Waals surface area contributed by atoms with E-state index in [1.807, 2.05) is 6.08 Å².